The number of nitrogens with zero attached hydrogens (tertiary/aromatic N) is 4. The fourth-order valence-electron chi connectivity index (χ4n) is 2.27. The summed E-state index contributed by atoms with van der Waals surface area (Å²) in [6.07, 6.45) is 1.39. The molecule has 3 aromatic rings. The zero-order valence-corrected chi connectivity index (χ0v) is 13.4. The summed E-state index contributed by atoms with van der Waals surface area (Å²) in [6.45, 7) is 2.51. The normalized spacial score (nSPS) is 10.6. The molecule has 0 aliphatic rings. The van der Waals surface area contributed by atoms with Crippen LogP contribution >= 0.6 is 0 Å². The molecule has 9 nitrogen and oxygen atoms in total. The third-order valence-electron chi connectivity index (χ3n) is 3.49. The molecule has 0 radical (unpaired) electrons. The molecule has 2 heterocycles. The maximum atomic E-state index is 12.2. The van der Waals surface area contributed by atoms with Gasteiger partial charge in [-0.3, -0.25) is 14.7 Å². The number of ether oxygens (including phenoxy) is 1. The minimum absolute atomic E-state index is 0.0149. The van der Waals surface area contributed by atoms with E-state index in [0.717, 1.165) is 16.8 Å². The van der Waals surface area contributed by atoms with Gasteiger partial charge in [0.1, 0.15) is 6.33 Å². The quantitative estimate of drug-likeness (QED) is 0.676. The van der Waals surface area contributed by atoms with Crippen molar-refractivity contribution in [1.29, 1.82) is 0 Å². The number of esters is 1. The van der Waals surface area contributed by atoms with E-state index in [-0.39, 0.29) is 12.2 Å². The maximum absolute atomic E-state index is 12.2. The lowest BCUT2D eigenvalue weighted by atomic mass is 10.2. The van der Waals surface area contributed by atoms with E-state index in [1.165, 1.54) is 12.4 Å². The van der Waals surface area contributed by atoms with Gasteiger partial charge in [-0.1, -0.05) is 6.07 Å². The third-order valence-corrected chi connectivity index (χ3v) is 3.49. The van der Waals surface area contributed by atoms with Crippen molar-refractivity contribution in [3.05, 3.63) is 74.8 Å². The smallest absolute Gasteiger partial charge is 0.338 e. The van der Waals surface area contributed by atoms with E-state index in [0.29, 0.717) is 18.1 Å². The number of aryl methyl sites for hydroxylation is 1. The number of H-pyrrole nitrogens is 1. The largest absolute Gasteiger partial charge is 0.454 e. The maximum Gasteiger partial charge on any atom is 0.338 e. The first-order valence-corrected chi connectivity index (χ1v) is 7.55. The molecule has 25 heavy (non-hydrogen) atoms. The van der Waals surface area contributed by atoms with Crippen LogP contribution in [-0.2, 0) is 17.9 Å². The average Bonchev–Trinajstić information content (AvgIpc) is 3.09. The lowest BCUT2D eigenvalue weighted by molar-refractivity contribution is 0.0457. The van der Waals surface area contributed by atoms with Crippen molar-refractivity contribution in [2.75, 3.05) is 0 Å². The van der Waals surface area contributed by atoms with Crippen molar-refractivity contribution in [3.63, 3.8) is 0 Å². The predicted molar refractivity (Wildman–Crippen MR) is 87.5 cm³/mol. The van der Waals surface area contributed by atoms with Gasteiger partial charge in [0.05, 0.1) is 11.3 Å². The molecular weight excluding hydrogens is 326 g/mol. The van der Waals surface area contributed by atoms with Crippen LogP contribution in [0.25, 0.3) is 5.69 Å². The summed E-state index contributed by atoms with van der Waals surface area (Å²) in [5, 5.41) is 6.40. The zero-order chi connectivity index (χ0) is 17.8. The summed E-state index contributed by atoms with van der Waals surface area (Å²) in [5.41, 5.74) is -0.238. The Morgan fingerprint density at radius 3 is 2.88 bits per heavy atom. The van der Waals surface area contributed by atoms with Crippen LogP contribution in [0.4, 0.5) is 0 Å². The first-order valence-electron chi connectivity index (χ1n) is 7.55. The summed E-state index contributed by atoms with van der Waals surface area (Å²) in [6, 6.07) is 8.51. The minimum Gasteiger partial charge on any atom is -0.454 e. The molecule has 0 bridgehead atoms. The highest BCUT2D eigenvalue weighted by atomic mass is 16.5. The fraction of sp³-hybridized carbons (Fsp3) is 0.188. The number of hydrogen-bond donors (Lipinski definition) is 1. The van der Waals surface area contributed by atoms with Crippen LogP contribution in [-0.4, -0.2) is 30.5 Å². The van der Waals surface area contributed by atoms with Gasteiger partial charge in [0.15, 0.2) is 12.4 Å². The molecule has 0 aliphatic carbocycles. The Morgan fingerprint density at radius 1 is 1.24 bits per heavy atom. The van der Waals surface area contributed by atoms with Crippen molar-refractivity contribution < 1.29 is 9.53 Å². The van der Waals surface area contributed by atoms with Gasteiger partial charge in [-0.05, 0) is 25.1 Å². The summed E-state index contributed by atoms with van der Waals surface area (Å²) in [5.74, 6) is -0.0329. The SMILES string of the molecule is CCn1ncnc1COC(=O)c1cccc(-n2[nH]c(=O)ccc2=O)c1. The van der Waals surface area contributed by atoms with Crippen LogP contribution < -0.4 is 11.1 Å². The molecule has 3 rings (SSSR count). The predicted octanol–water partition coefficient (Wildman–Crippen LogP) is 0.494. The zero-order valence-electron chi connectivity index (χ0n) is 13.4. The van der Waals surface area contributed by atoms with Crippen molar-refractivity contribution in [2.45, 2.75) is 20.1 Å². The van der Waals surface area contributed by atoms with E-state index < -0.39 is 17.1 Å². The second-order valence-electron chi connectivity index (χ2n) is 5.10. The van der Waals surface area contributed by atoms with E-state index in [2.05, 4.69) is 15.2 Å². The van der Waals surface area contributed by atoms with E-state index in [4.69, 9.17) is 4.74 Å². The lowest BCUT2D eigenvalue weighted by Crippen LogP contribution is -2.26. The Kier molecular flexibility index (Phi) is 4.55. The van der Waals surface area contributed by atoms with Crippen molar-refractivity contribution in [1.82, 2.24) is 24.5 Å². The van der Waals surface area contributed by atoms with E-state index in [1.54, 1.807) is 22.9 Å². The molecule has 9 heteroatoms. The summed E-state index contributed by atoms with van der Waals surface area (Å²) >= 11 is 0. The van der Waals surface area contributed by atoms with E-state index in [1.807, 2.05) is 6.92 Å². The molecule has 0 aliphatic heterocycles. The second kappa shape index (κ2) is 6.95. The van der Waals surface area contributed by atoms with Gasteiger partial charge in [0.25, 0.3) is 11.1 Å². The van der Waals surface area contributed by atoms with Gasteiger partial charge < -0.3 is 4.74 Å². The molecule has 1 aromatic carbocycles. The van der Waals surface area contributed by atoms with Crippen LogP contribution in [0, 0.1) is 0 Å². The van der Waals surface area contributed by atoms with E-state index >= 15 is 0 Å². The van der Waals surface area contributed by atoms with Crippen LogP contribution in [0.2, 0.25) is 0 Å². The van der Waals surface area contributed by atoms with E-state index in [9.17, 15) is 14.4 Å². The van der Waals surface area contributed by atoms with Gasteiger partial charge >= 0.3 is 5.97 Å². The Bertz CT molecular complexity index is 1020. The molecular formula is C16H15N5O4. The Hall–Kier alpha value is -3.49. The number of rotatable bonds is 5. The number of aromatic nitrogens is 5. The Balaban J connectivity index is 1.81. The monoisotopic (exact) mass is 341 g/mol. The fourth-order valence-corrected chi connectivity index (χ4v) is 2.27. The molecule has 0 fully saturated rings. The van der Waals surface area contributed by atoms with Gasteiger partial charge in [-0.15, -0.1) is 0 Å². The molecule has 0 spiro atoms. The van der Waals surface area contributed by atoms with Gasteiger partial charge in [0.2, 0.25) is 0 Å². The molecule has 0 amide bonds. The lowest BCUT2D eigenvalue weighted by Gasteiger charge is -2.08. The van der Waals surface area contributed by atoms with Gasteiger partial charge in [-0.2, -0.15) is 5.10 Å². The number of nitrogens with one attached hydrogen (secondary N) is 1. The molecule has 128 valence electrons. The average molecular weight is 341 g/mol. The minimum atomic E-state index is -0.571. The summed E-state index contributed by atoms with van der Waals surface area (Å²) in [7, 11) is 0. The highest BCUT2D eigenvalue weighted by Crippen LogP contribution is 2.10. The highest BCUT2D eigenvalue weighted by molar-refractivity contribution is 5.90. The molecule has 2 aromatic heterocycles. The number of benzene rings is 1. The van der Waals surface area contributed by atoms with Crippen LogP contribution in [0.5, 0.6) is 0 Å². The molecule has 1 N–H and O–H groups in total. The van der Waals surface area contributed by atoms with Crippen molar-refractivity contribution >= 4 is 5.97 Å². The first kappa shape index (κ1) is 16.4. The summed E-state index contributed by atoms with van der Waals surface area (Å²) < 4.78 is 7.92. The molecule has 0 atom stereocenters. The Morgan fingerprint density at radius 2 is 2.08 bits per heavy atom. The molecule has 0 unspecified atom stereocenters. The third kappa shape index (κ3) is 3.55. The van der Waals surface area contributed by atoms with Crippen LogP contribution in [0.15, 0.2) is 52.3 Å². The van der Waals surface area contributed by atoms with Crippen molar-refractivity contribution in [3.8, 4) is 5.69 Å². The number of carbonyl (C=O) groups is 1. The number of hydrogen-bond acceptors (Lipinski definition) is 6. The first-order chi connectivity index (χ1) is 12.1. The summed E-state index contributed by atoms with van der Waals surface area (Å²) in [4.78, 5) is 39.5. The van der Waals surface area contributed by atoms with Crippen LogP contribution in [0.1, 0.15) is 23.1 Å². The van der Waals surface area contributed by atoms with Crippen LogP contribution in [0.3, 0.4) is 0 Å². The number of carbonyl (C=O) groups excluding carboxylic acids is 1. The number of aromatic amines is 1. The topological polar surface area (TPSA) is 112 Å². The van der Waals surface area contributed by atoms with Gasteiger partial charge in [0, 0.05) is 18.7 Å². The highest BCUT2D eigenvalue weighted by Gasteiger charge is 2.12. The molecule has 0 saturated carbocycles. The second-order valence-corrected chi connectivity index (χ2v) is 5.10. The Labute approximate surface area is 141 Å². The van der Waals surface area contributed by atoms with Crippen molar-refractivity contribution in [2.24, 2.45) is 0 Å². The van der Waals surface area contributed by atoms with Gasteiger partial charge in [-0.25, -0.2) is 19.1 Å². The standard InChI is InChI=1S/C16H15N5O4/c1-2-20-13(17-10-18-20)9-25-16(24)11-4-3-5-12(8-11)21-15(23)7-6-14(22)19-21/h3-8,10H,2,9H2,1H3,(H,19,22). The molecule has 0 saturated heterocycles.